The van der Waals surface area contributed by atoms with Crippen LogP contribution in [0.25, 0.3) is 16.9 Å². The van der Waals surface area contributed by atoms with Crippen molar-refractivity contribution >= 4 is 5.91 Å². The predicted molar refractivity (Wildman–Crippen MR) is 118 cm³/mol. The third kappa shape index (κ3) is 4.45. The minimum atomic E-state index is -0.299. The van der Waals surface area contributed by atoms with E-state index in [0.717, 1.165) is 29.0 Å². The zero-order chi connectivity index (χ0) is 21.6. The Labute approximate surface area is 180 Å². The summed E-state index contributed by atoms with van der Waals surface area (Å²) in [6.45, 7) is 2.45. The van der Waals surface area contributed by atoms with Crippen LogP contribution in [-0.2, 0) is 13.0 Å². The highest BCUT2D eigenvalue weighted by Gasteiger charge is 2.22. The first-order valence-electron chi connectivity index (χ1n) is 10.1. The Morgan fingerprint density at radius 1 is 1.03 bits per heavy atom. The second-order valence-corrected chi connectivity index (χ2v) is 6.99. The van der Waals surface area contributed by atoms with Crippen LogP contribution in [0.2, 0.25) is 0 Å². The van der Waals surface area contributed by atoms with Crippen molar-refractivity contribution in [2.45, 2.75) is 19.9 Å². The number of hydrogen-bond acceptors (Lipinski definition) is 5. The third-order valence-electron chi connectivity index (χ3n) is 4.99. The van der Waals surface area contributed by atoms with Gasteiger partial charge < -0.3 is 10.1 Å². The molecular formula is C24H23N5O2. The first kappa shape index (κ1) is 20.3. The van der Waals surface area contributed by atoms with E-state index < -0.39 is 0 Å². The van der Waals surface area contributed by atoms with Gasteiger partial charge in [-0.05, 0) is 53.9 Å². The molecular weight excluding hydrogens is 390 g/mol. The molecule has 156 valence electrons. The summed E-state index contributed by atoms with van der Waals surface area (Å²) >= 11 is 0. The number of benzene rings is 2. The van der Waals surface area contributed by atoms with Gasteiger partial charge in [-0.15, -0.1) is 5.10 Å². The number of carbonyl (C=O) groups is 1. The topological polar surface area (TPSA) is 81.9 Å². The summed E-state index contributed by atoms with van der Waals surface area (Å²) in [5.41, 5.74) is 4.66. The molecule has 0 aliphatic rings. The van der Waals surface area contributed by atoms with Crippen LogP contribution in [0.4, 0.5) is 0 Å². The quantitative estimate of drug-likeness (QED) is 0.498. The Balaban J connectivity index is 1.68. The fourth-order valence-electron chi connectivity index (χ4n) is 3.34. The molecule has 7 nitrogen and oxygen atoms in total. The van der Waals surface area contributed by atoms with Gasteiger partial charge in [0.2, 0.25) is 0 Å². The van der Waals surface area contributed by atoms with E-state index in [2.05, 4.69) is 39.7 Å². The molecule has 0 bridgehead atoms. The molecule has 1 N–H and O–H groups in total. The van der Waals surface area contributed by atoms with E-state index >= 15 is 0 Å². The molecule has 0 unspecified atom stereocenters. The van der Waals surface area contributed by atoms with Crippen LogP contribution < -0.4 is 10.1 Å². The lowest BCUT2D eigenvalue weighted by molar-refractivity contribution is 0.0946. The Bertz CT molecular complexity index is 1190. The maximum atomic E-state index is 13.1. The fourth-order valence-corrected chi connectivity index (χ4v) is 3.34. The minimum absolute atomic E-state index is 0.260. The number of hydrogen-bond donors (Lipinski definition) is 1. The lowest BCUT2D eigenvalue weighted by Gasteiger charge is -2.10. The Morgan fingerprint density at radius 3 is 2.58 bits per heavy atom. The third-order valence-corrected chi connectivity index (χ3v) is 4.99. The van der Waals surface area contributed by atoms with E-state index in [9.17, 15) is 4.79 Å². The molecule has 0 fully saturated rings. The fraction of sp³-hybridized carbons (Fsp3) is 0.167. The highest BCUT2D eigenvalue weighted by atomic mass is 16.5. The monoisotopic (exact) mass is 413 g/mol. The number of aryl methyl sites for hydroxylation is 1. The smallest absolute Gasteiger partial charge is 0.274 e. The second-order valence-electron chi connectivity index (χ2n) is 6.99. The van der Waals surface area contributed by atoms with Gasteiger partial charge in [0.25, 0.3) is 5.91 Å². The van der Waals surface area contributed by atoms with E-state index in [1.165, 1.54) is 5.56 Å². The maximum absolute atomic E-state index is 13.1. The first-order valence-corrected chi connectivity index (χ1v) is 10.1. The summed E-state index contributed by atoms with van der Waals surface area (Å²) in [5.74, 6) is 0.443. The minimum Gasteiger partial charge on any atom is -0.497 e. The molecule has 7 heteroatoms. The van der Waals surface area contributed by atoms with Crippen molar-refractivity contribution in [3.8, 4) is 22.7 Å². The second kappa shape index (κ2) is 9.21. The van der Waals surface area contributed by atoms with Crippen LogP contribution in [0, 0.1) is 0 Å². The van der Waals surface area contributed by atoms with Crippen molar-refractivity contribution in [2.24, 2.45) is 0 Å². The molecule has 4 rings (SSSR count). The van der Waals surface area contributed by atoms with E-state index in [0.29, 0.717) is 12.2 Å². The molecule has 0 spiro atoms. The van der Waals surface area contributed by atoms with Gasteiger partial charge in [-0.2, -0.15) is 0 Å². The van der Waals surface area contributed by atoms with Crippen molar-refractivity contribution < 1.29 is 9.53 Å². The number of nitrogens with zero attached hydrogens (tertiary/aromatic N) is 4. The first-order chi connectivity index (χ1) is 15.2. The normalized spacial score (nSPS) is 10.6. The van der Waals surface area contributed by atoms with Crippen molar-refractivity contribution in [3.63, 3.8) is 0 Å². The predicted octanol–water partition coefficient (Wildman–Crippen LogP) is 3.83. The summed E-state index contributed by atoms with van der Waals surface area (Å²) < 4.78 is 6.95. The molecule has 1 amide bonds. The van der Waals surface area contributed by atoms with E-state index in [1.54, 1.807) is 24.2 Å². The number of methoxy groups -OCH3 is 1. The molecule has 2 aromatic heterocycles. The molecule has 4 aromatic rings. The van der Waals surface area contributed by atoms with Gasteiger partial charge >= 0.3 is 0 Å². The van der Waals surface area contributed by atoms with Crippen LogP contribution in [0.3, 0.4) is 0 Å². The number of ether oxygens (including phenoxy) is 1. The van der Waals surface area contributed by atoms with Crippen molar-refractivity contribution in [3.05, 3.63) is 89.9 Å². The molecule has 0 saturated heterocycles. The summed E-state index contributed by atoms with van der Waals surface area (Å²) in [7, 11) is 1.62. The van der Waals surface area contributed by atoms with Crippen LogP contribution in [0.1, 0.15) is 28.5 Å². The summed E-state index contributed by atoms with van der Waals surface area (Å²) in [5, 5.41) is 11.5. The van der Waals surface area contributed by atoms with Gasteiger partial charge in [0.15, 0.2) is 5.69 Å². The molecule has 0 atom stereocenters. The molecule has 2 aromatic carbocycles. The average molecular weight is 413 g/mol. The summed E-state index contributed by atoms with van der Waals surface area (Å²) in [6, 6.07) is 19.3. The zero-order valence-corrected chi connectivity index (χ0v) is 17.4. The zero-order valence-electron chi connectivity index (χ0n) is 17.4. The molecule has 0 aliphatic heterocycles. The Kier molecular flexibility index (Phi) is 6.03. The van der Waals surface area contributed by atoms with Gasteiger partial charge in [0.1, 0.15) is 11.4 Å². The number of carbonyl (C=O) groups excluding carboxylic acids is 1. The molecule has 0 aliphatic carbocycles. The van der Waals surface area contributed by atoms with E-state index in [1.807, 2.05) is 48.5 Å². The Morgan fingerprint density at radius 2 is 1.81 bits per heavy atom. The van der Waals surface area contributed by atoms with E-state index in [4.69, 9.17) is 4.74 Å². The summed E-state index contributed by atoms with van der Waals surface area (Å²) in [6.07, 6.45) is 4.28. The highest BCUT2D eigenvalue weighted by molar-refractivity contribution is 5.98. The standard InChI is InChI=1S/C24H23N5O2/c1-3-17-6-4-8-20(14-17)29-23(19-10-12-25-13-11-19)22(27-28-29)24(30)26-16-18-7-5-9-21(15-18)31-2/h4-15H,3,16H2,1-2H3,(H,26,30). The van der Waals surface area contributed by atoms with Crippen LogP contribution >= 0.6 is 0 Å². The largest absolute Gasteiger partial charge is 0.497 e. The molecule has 2 heterocycles. The number of nitrogens with one attached hydrogen (secondary N) is 1. The summed E-state index contributed by atoms with van der Waals surface area (Å²) in [4.78, 5) is 17.1. The maximum Gasteiger partial charge on any atom is 0.274 e. The van der Waals surface area contributed by atoms with Crippen LogP contribution in [0.15, 0.2) is 73.1 Å². The van der Waals surface area contributed by atoms with Crippen molar-refractivity contribution in [2.75, 3.05) is 7.11 Å². The van der Waals surface area contributed by atoms with Crippen LogP contribution in [0.5, 0.6) is 5.75 Å². The van der Waals surface area contributed by atoms with Gasteiger partial charge in [-0.25, -0.2) is 4.68 Å². The average Bonchev–Trinajstić information content (AvgIpc) is 3.28. The van der Waals surface area contributed by atoms with Gasteiger partial charge in [0.05, 0.1) is 12.8 Å². The number of pyridine rings is 1. The number of aromatic nitrogens is 4. The number of amides is 1. The van der Waals surface area contributed by atoms with Crippen molar-refractivity contribution in [1.29, 1.82) is 0 Å². The molecule has 0 saturated carbocycles. The lowest BCUT2D eigenvalue weighted by Crippen LogP contribution is -2.24. The highest BCUT2D eigenvalue weighted by Crippen LogP contribution is 2.25. The van der Waals surface area contributed by atoms with Crippen LogP contribution in [-0.4, -0.2) is 33.0 Å². The Hall–Kier alpha value is -4.00. The van der Waals surface area contributed by atoms with E-state index in [-0.39, 0.29) is 11.6 Å². The van der Waals surface area contributed by atoms with Gasteiger partial charge in [0, 0.05) is 24.5 Å². The SMILES string of the molecule is CCc1cccc(-n2nnc(C(=O)NCc3cccc(OC)c3)c2-c2ccncc2)c1. The molecule has 0 radical (unpaired) electrons. The van der Waals surface area contributed by atoms with Gasteiger partial charge in [-0.3, -0.25) is 9.78 Å². The number of rotatable bonds is 7. The van der Waals surface area contributed by atoms with Gasteiger partial charge in [-0.1, -0.05) is 36.4 Å². The lowest BCUT2D eigenvalue weighted by atomic mass is 10.1. The van der Waals surface area contributed by atoms with Crippen molar-refractivity contribution in [1.82, 2.24) is 25.3 Å². The molecule has 31 heavy (non-hydrogen) atoms.